The first kappa shape index (κ1) is 27.4. The lowest BCUT2D eigenvalue weighted by Crippen LogP contribution is -2.55. The summed E-state index contributed by atoms with van der Waals surface area (Å²) in [4.78, 5) is 40.0. The molecule has 0 radical (unpaired) electrons. The van der Waals surface area contributed by atoms with Crippen LogP contribution < -0.4 is 5.32 Å². The highest BCUT2D eigenvalue weighted by molar-refractivity contribution is 5.88. The number of fused-ring (bicyclic) bond motifs is 3. The molecule has 8 heteroatoms. The molecule has 2 aliphatic rings. The smallest absolute Gasteiger partial charge is 0.407 e. The van der Waals surface area contributed by atoms with Crippen molar-refractivity contribution in [3.05, 3.63) is 95.6 Å². The Morgan fingerprint density at radius 1 is 0.950 bits per heavy atom. The van der Waals surface area contributed by atoms with Crippen molar-refractivity contribution >= 4 is 18.0 Å². The summed E-state index contributed by atoms with van der Waals surface area (Å²) >= 11 is 0. The molecule has 3 aromatic carbocycles. The Balaban J connectivity index is 1.29. The Labute approximate surface area is 233 Å². The number of likely N-dealkylation sites (tertiary alicyclic amines) is 1. The number of hydrogen-bond acceptors (Lipinski definition) is 5. The van der Waals surface area contributed by atoms with Crippen LogP contribution in [0.3, 0.4) is 0 Å². The maximum absolute atomic E-state index is 13.7. The molecule has 0 bridgehead atoms. The lowest BCUT2D eigenvalue weighted by molar-refractivity contribution is -0.144. The lowest BCUT2D eigenvalue weighted by Gasteiger charge is -2.31. The fraction of sp³-hybridized carbons (Fsp3) is 0.344. The van der Waals surface area contributed by atoms with Crippen molar-refractivity contribution < 1.29 is 29.0 Å². The van der Waals surface area contributed by atoms with E-state index in [-0.39, 0.29) is 25.0 Å². The Morgan fingerprint density at radius 2 is 1.55 bits per heavy atom. The van der Waals surface area contributed by atoms with Crippen molar-refractivity contribution in [3.63, 3.8) is 0 Å². The third kappa shape index (κ3) is 5.58. The number of aliphatic carboxylic acids is 1. The second kappa shape index (κ2) is 11.9. The van der Waals surface area contributed by atoms with Crippen LogP contribution in [0.15, 0.2) is 78.9 Å². The minimum atomic E-state index is -1.05. The molecule has 5 rings (SSSR count). The first-order chi connectivity index (χ1) is 19.3. The molecule has 1 aliphatic carbocycles. The van der Waals surface area contributed by atoms with E-state index in [0.717, 1.165) is 27.8 Å². The number of benzene rings is 3. The third-order valence-corrected chi connectivity index (χ3v) is 8.06. The van der Waals surface area contributed by atoms with Crippen LogP contribution in [0.5, 0.6) is 0 Å². The van der Waals surface area contributed by atoms with E-state index in [1.807, 2.05) is 66.7 Å². The van der Waals surface area contributed by atoms with Crippen molar-refractivity contribution in [3.8, 4) is 11.1 Å². The number of nitrogens with one attached hydrogen (secondary N) is 1. The minimum absolute atomic E-state index is 0.112. The molecule has 0 spiro atoms. The number of nitrogens with zero attached hydrogens (tertiary/aromatic N) is 1. The van der Waals surface area contributed by atoms with Crippen LogP contribution in [0.25, 0.3) is 11.1 Å². The number of ether oxygens (including phenoxy) is 2. The fourth-order valence-corrected chi connectivity index (χ4v) is 5.80. The van der Waals surface area contributed by atoms with Crippen LogP contribution in [0.1, 0.15) is 42.9 Å². The van der Waals surface area contributed by atoms with E-state index in [1.54, 1.807) is 13.8 Å². The van der Waals surface area contributed by atoms with Gasteiger partial charge in [0.05, 0.1) is 18.6 Å². The summed E-state index contributed by atoms with van der Waals surface area (Å²) in [6.07, 6.45) is -1.06. The molecule has 40 heavy (non-hydrogen) atoms. The summed E-state index contributed by atoms with van der Waals surface area (Å²) in [7, 11) is 0. The number of carbonyl (C=O) groups excluding carboxylic acids is 2. The number of carbonyl (C=O) groups is 3. The van der Waals surface area contributed by atoms with Crippen LogP contribution in [-0.4, -0.2) is 59.3 Å². The van der Waals surface area contributed by atoms with Gasteiger partial charge in [-0.25, -0.2) is 4.79 Å². The van der Waals surface area contributed by atoms with Gasteiger partial charge in [0.2, 0.25) is 5.91 Å². The van der Waals surface area contributed by atoms with Gasteiger partial charge in [-0.3, -0.25) is 9.59 Å². The second-order valence-electron chi connectivity index (χ2n) is 10.5. The quantitative estimate of drug-likeness (QED) is 0.402. The summed E-state index contributed by atoms with van der Waals surface area (Å²) in [6.45, 7) is 4.12. The summed E-state index contributed by atoms with van der Waals surface area (Å²) in [6, 6.07) is 24.1. The van der Waals surface area contributed by atoms with Crippen LogP contribution in [0.2, 0.25) is 0 Å². The average molecular weight is 543 g/mol. The zero-order valence-corrected chi connectivity index (χ0v) is 22.7. The van der Waals surface area contributed by atoms with Crippen LogP contribution >= 0.6 is 0 Å². The number of alkyl carbamates (subject to hydrolysis) is 1. The maximum atomic E-state index is 13.7. The van der Waals surface area contributed by atoms with Crippen molar-refractivity contribution in [2.24, 2.45) is 5.92 Å². The van der Waals surface area contributed by atoms with Crippen molar-refractivity contribution in [2.75, 3.05) is 13.2 Å². The van der Waals surface area contributed by atoms with Gasteiger partial charge < -0.3 is 24.8 Å². The summed E-state index contributed by atoms with van der Waals surface area (Å²) < 4.78 is 11.7. The standard InChI is InChI=1S/C32H34N2O6/c1-20-23(31(36)37)16-17-34(20)30(35)29(21(2)39-18-22-10-4-3-5-11-22)33-32(38)40-19-28-26-14-8-6-12-24(26)25-13-7-9-15-27(25)28/h3-15,20-21,23,28-29H,16-19H2,1-2H3,(H,33,38)(H,36,37). The highest BCUT2D eigenvalue weighted by atomic mass is 16.5. The minimum Gasteiger partial charge on any atom is -0.481 e. The second-order valence-corrected chi connectivity index (χ2v) is 10.5. The molecule has 4 atom stereocenters. The van der Waals surface area contributed by atoms with E-state index in [1.165, 1.54) is 4.90 Å². The van der Waals surface area contributed by atoms with Gasteiger partial charge in [-0.05, 0) is 48.1 Å². The first-order valence-electron chi connectivity index (χ1n) is 13.7. The fourth-order valence-electron chi connectivity index (χ4n) is 5.80. The molecular weight excluding hydrogens is 508 g/mol. The van der Waals surface area contributed by atoms with E-state index >= 15 is 0 Å². The van der Waals surface area contributed by atoms with E-state index in [9.17, 15) is 19.5 Å². The average Bonchev–Trinajstić information content (AvgIpc) is 3.51. The Kier molecular flexibility index (Phi) is 8.16. The maximum Gasteiger partial charge on any atom is 0.407 e. The summed E-state index contributed by atoms with van der Waals surface area (Å²) in [5, 5.41) is 12.3. The third-order valence-electron chi connectivity index (χ3n) is 8.06. The van der Waals surface area contributed by atoms with Crippen molar-refractivity contribution in [1.29, 1.82) is 0 Å². The molecule has 0 aromatic heterocycles. The van der Waals surface area contributed by atoms with Gasteiger partial charge >= 0.3 is 12.1 Å². The van der Waals surface area contributed by atoms with Crippen molar-refractivity contribution in [2.45, 2.75) is 51.0 Å². The van der Waals surface area contributed by atoms with E-state index in [4.69, 9.17) is 9.47 Å². The topological polar surface area (TPSA) is 105 Å². The van der Waals surface area contributed by atoms with Crippen molar-refractivity contribution in [1.82, 2.24) is 10.2 Å². The summed E-state index contributed by atoms with van der Waals surface area (Å²) in [5.41, 5.74) is 5.36. The Bertz CT molecular complexity index is 1330. The van der Waals surface area contributed by atoms with Gasteiger partial charge in [-0.2, -0.15) is 0 Å². The van der Waals surface area contributed by atoms with Gasteiger partial charge in [0.1, 0.15) is 12.6 Å². The highest BCUT2D eigenvalue weighted by Crippen LogP contribution is 2.44. The molecule has 1 heterocycles. The highest BCUT2D eigenvalue weighted by Gasteiger charge is 2.42. The van der Waals surface area contributed by atoms with Gasteiger partial charge in [0.15, 0.2) is 0 Å². The predicted molar refractivity (Wildman–Crippen MR) is 150 cm³/mol. The van der Waals surface area contributed by atoms with Crippen LogP contribution in [0.4, 0.5) is 4.79 Å². The van der Waals surface area contributed by atoms with Gasteiger partial charge in [0, 0.05) is 18.5 Å². The number of carboxylic acids is 1. The zero-order chi connectivity index (χ0) is 28.2. The summed E-state index contributed by atoms with van der Waals surface area (Å²) in [5.74, 6) is -2.09. The first-order valence-corrected chi connectivity index (χ1v) is 13.7. The molecular formula is C32H34N2O6. The number of amides is 2. The molecule has 1 fully saturated rings. The predicted octanol–water partition coefficient (Wildman–Crippen LogP) is 4.82. The molecule has 3 aromatic rings. The monoisotopic (exact) mass is 542 g/mol. The Morgan fingerprint density at radius 3 is 2.15 bits per heavy atom. The van der Waals surface area contributed by atoms with E-state index in [0.29, 0.717) is 13.0 Å². The molecule has 2 amide bonds. The number of rotatable bonds is 9. The molecule has 208 valence electrons. The van der Waals surface area contributed by atoms with E-state index in [2.05, 4.69) is 17.4 Å². The molecule has 1 saturated heterocycles. The molecule has 1 aliphatic heterocycles. The zero-order valence-electron chi connectivity index (χ0n) is 22.7. The molecule has 4 unspecified atom stereocenters. The van der Waals surface area contributed by atoms with E-state index < -0.39 is 36.2 Å². The molecule has 0 saturated carbocycles. The Hall–Kier alpha value is -4.17. The number of hydrogen-bond donors (Lipinski definition) is 2. The normalized spacial score (nSPS) is 19.4. The lowest BCUT2D eigenvalue weighted by atomic mass is 9.98. The van der Waals surface area contributed by atoms with Crippen LogP contribution in [-0.2, 0) is 25.7 Å². The van der Waals surface area contributed by atoms with Gasteiger partial charge in [0.25, 0.3) is 0 Å². The van der Waals surface area contributed by atoms with Gasteiger partial charge in [-0.15, -0.1) is 0 Å². The molecule has 8 nitrogen and oxygen atoms in total. The molecule has 2 N–H and O–H groups in total. The largest absolute Gasteiger partial charge is 0.481 e. The van der Waals surface area contributed by atoms with Gasteiger partial charge in [-0.1, -0.05) is 78.9 Å². The van der Waals surface area contributed by atoms with Crippen LogP contribution in [0, 0.1) is 5.92 Å². The SMILES string of the molecule is CC(OCc1ccccc1)C(NC(=O)OCC1c2ccccc2-c2ccccc21)C(=O)N1CCC(C(=O)O)C1C. The number of carboxylic acid groups (broad SMARTS) is 1.